The number of fused-ring (bicyclic) bond motifs is 1. The molecule has 3 heteroatoms. The number of H-pyrrole nitrogens is 1. The van der Waals surface area contributed by atoms with E-state index in [1.165, 1.54) is 22.2 Å². The number of aliphatic hydroxyl groups excluding tert-OH is 1. The number of para-hydroxylation sites is 1. The van der Waals surface area contributed by atoms with E-state index in [0.717, 1.165) is 25.7 Å². The number of nitrogens with one attached hydrogen (secondary N) is 1. The molecule has 2 aromatic rings. The number of aliphatic hydroxyl groups is 1. The van der Waals surface area contributed by atoms with Crippen LogP contribution in [-0.4, -0.2) is 27.9 Å². The first kappa shape index (κ1) is 12.2. The molecule has 3 nitrogen and oxygen atoms in total. The summed E-state index contributed by atoms with van der Waals surface area (Å²) < 4.78 is 0. The number of nitrogens with zero attached hydrogens (tertiary/aromatic N) is 1. The van der Waals surface area contributed by atoms with Gasteiger partial charge in [0.05, 0.1) is 5.54 Å². The van der Waals surface area contributed by atoms with E-state index >= 15 is 0 Å². The topological polar surface area (TPSA) is 48.4 Å². The molecule has 3 fully saturated rings. The molecule has 0 radical (unpaired) electrons. The molecule has 104 valence electrons. The highest BCUT2D eigenvalue weighted by atomic mass is 16.3. The van der Waals surface area contributed by atoms with E-state index in [9.17, 15) is 5.11 Å². The van der Waals surface area contributed by atoms with Crippen LogP contribution in [0, 0.1) is 5.41 Å². The van der Waals surface area contributed by atoms with E-state index in [-0.39, 0.29) is 11.0 Å². The second kappa shape index (κ2) is 3.95. The largest absolute Gasteiger partial charge is 0.396 e. The lowest BCUT2D eigenvalue weighted by Gasteiger charge is -2.68. The van der Waals surface area contributed by atoms with Gasteiger partial charge in [-0.05, 0) is 37.8 Å². The van der Waals surface area contributed by atoms with Gasteiger partial charge in [-0.15, -0.1) is 0 Å². The quantitative estimate of drug-likeness (QED) is 0.822. The molecule has 0 aliphatic heterocycles. The maximum Gasteiger partial charge on any atom is 0.0626 e. The van der Waals surface area contributed by atoms with Crippen LogP contribution in [0.15, 0.2) is 35.5 Å². The predicted molar refractivity (Wildman–Crippen MR) is 81.2 cm³/mol. The fourth-order valence-corrected chi connectivity index (χ4v) is 4.22. The minimum Gasteiger partial charge on any atom is -0.396 e. The standard InChI is InChI=1S/C17H20N2O/c1-12(19-17-8-16(9-17,10-17)11-20)6-13-7-18-15-5-3-2-4-14(13)15/h2-5,7,18,20H,6,8-11H2,1H3/b19-12+. The van der Waals surface area contributed by atoms with E-state index in [2.05, 4.69) is 42.4 Å². The van der Waals surface area contributed by atoms with Crippen LogP contribution < -0.4 is 0 Å². The van der Waals surface area contributed by atoms with Gasteiger partial charge in [0.15, 0.2) is 0 Å². The van der Waals surface area contributed by atoms with Gasteiger partial charge in [-0.1, -0.05) is 18.2 Å². The summed E-state index contributed by atoms with van der Waals surface area (Å²) in [6.45, 7) is 2.47. The minimum absolute atomic E-state index is 0.179. The van der Waals surface area contributed by atoms with E-state index in [4.69, 9.17) is 4.99 Å². The van der Waals surface area contributed by atoms with Crippen LogP contribution in [0.2, 0.25) is 0 Å². The van der Waals surface area contributed by atoms with Crippen LogP contribution in [0.3, 0.4) is 0 Å². The Labute approximate surface area is 118 Å². The van der Waals surface area contributed by atoms with E-state index in [0.29, 0.717) is 6.61 Å². The smallest absolute Gasteiger partial charge is 0.0626 e. The van der Waals surface area contributed by atoms with Crippen molar-refractivity contribution in [2.24, 2.45) is 10.4 Å². The number of rotatable bonds is 4. The maximum atomic E-state index is 9.30. The summed E-state index contributed by atoms with van der Waals surface area (Å²) in [6.07, 6.45) is 6.27. The summed E-state index contributed by atoms with van der Waals surface area (Å²) in [5.74, 6) is 0. The Hall–Kier alpha value is -1.61. The van der Waals surface area contributed by atoms with Crippen molar-refractivity contribution in [1.82, 2.24) is 4.98 Å². The predicted octanol–water partition coefficient (Wildman–Crippen LogP) is 3.09. The van der Waals surface area contributed by atoms with Crippen LogP contribution >= 0.6 is 0 Å². The second-order valence-electron chi connectivity index (χ2n) is 6.80. The van der Waals surface area contributed by atoms with Crippen LogP contribution in [0.1, 0.15) is 31.7 Å². The fourth-order valence-electron chi connectivity index (χ4n) is 4.22. The van der Waals surface area contributed by atoms with Gasteiger partial charge in [-0.2, -0.15) is 0 Å². The average Bonchev–Trinajstić information content (AvgIpc) is 2.76. The zero-order valence-electron chi connectivity index (χ0n) is 11.8. The van der Waals surface area contributed by atoms with Crippen LogP contribution in [-0.2, 0) is 6.42 Å². The number of hydrogen-bond acceptors (Lipinski definition) is 2. The number of aliphatic imine (C=N–C) groups is 1. The lowest BCUT2D eigenvalue weighted by atomic mass is 9.40. The summed E-state index contributed by atoms with van der Waals surface area (Å²) in [6, 6.07) is 8.41. The van der Waals surface area contributed by atoms with Crippen molar-refractivity contribution in [2.45, 2.75) is 38.1 Å². The summed E-state index contributed by atoms with van der Waals surface area (Å²) in [5.41, 5.74) is 4.15. The molecule has 3 saturated carbocycles. The molecule has 0 atom stereocenters. The van der Waals surface area contributed by atoms with Gasteiger partial charge in [0.25, 0.3) is 0 Å². The van der Waals surface area contributed by atoms with Crippen LogP contribution in [0.4, 0.5) is 0 Å². The van der Waals surface area contributed by atoms with Crippen molar-refractivity contribution >= 4 is 16.6 Å². The van der Waals surface area contributed by atoms with Crippen LogP contribution in [0.25, 0.3) is 10.9 Å². The number of benzene rings is 1. The van der Waals surface area contributed by atoms with E-state index < -0.39 is 0 Å². The van der Waals surface area contributed by atoms with Gasteiger partial charge in [-0.3, -0.25) is 4.99 Å². The third-order valence-electron chi connectivity index (χ3n) is 5.00. The van der Waals surface area contributed by atoms with Gasteiger partial charge in [0.1, 0.15) is 0 Å². The molecule has 5 rings (SSSR count). The first-order valence-corrected chi connectivity index (χ1v) is 7.35. The monoisotopic (exact) mass is 268 g/mol. The van der Waals surface area contributed by atoms with E-state index in [1.807, 2.05) is 0 Å². The van der Waals surface area contributed by atoms with Crippen molar-refractivity contribution in [1.29, 1.82) is 0 Å². The van der Waals surface area contributed by atoms with Gasteiger partial charge in [-0.25, -0.2) is 0 Å². The van der Waals surface area contributed by atoms with Crippen molar-refractivity contribution in [3.63, 3.8) is 0 Å². The third kappa shape index (κ3) is 1.66. The molecule has 0 amide bonds. The number of aromatic nitrogens is 1. The Kier molecular flexibility index (Phi) is 2.40. The molecule has 1 aromatic carbocycles. The molecule has 2 bridgehead atoms. The first-order chi connectivity index (χ1) is 9.64. The Bertz CT molecular complexity index is 678. The molecular weight excluding hydrogens is 248 g/mol. The van der Waals surface area contributed by atoms with Crippen LogP contribution in [0.5, 0.6) is 0 Å². The van der Waals surface area contributed by atoms with Gasteiger partial charge >= 0.3 is 0 Å². The van der Waals surface area contributed by atoms with E-state index in [1.54, 1.807) is 0 Å². The summed E-state index contributed by atoms with van der Waals surface area (Å²) >= 11 is 0. The van der Waals surface area contributed by atoms with Gasteiger partial charge < -0.3 is 10.1 Å². The molecule has 2 N–H and O–H groups in total. The Balaban J connectivity index is 1.52. The number of hydrogen-bond donors (Lipinski definition) is 2. The highest BCUT2D eigenvalue weighted by Gasteiger charge is 2.67. The second-order valence-corrected chi connectivity index (χ2v) is 6.80. The molecule has 3 aliphatic carbocycles. The average molecular weight is 268 g/mol. The number of aromatic amines is 1. The molecular formula is C17H20N2O. The summed E-state index contributed by atoms with van der Waals surface area (Å²) in [5, 5.41) is 10.6. The lowest BCUT2D eigenvalue weighted by Crippen LogP contribution is -2.67. The maximum absolute atomic E-state index is 9.30. The Morgan fingerprint density at radius 3 is 2.80 bits per heavy atom. The first-order valence-electron chi connectivity index (χ1n) is 7.35. The minimum atomic E-state index is 0.179. The fraction of sp³-hybridized carbons (Fsp3) is 0.471. The summed E-state index contributed by atoms with van der Waals surface area (Å²) in [7, 11) is 0. The normalized spacial score (nSPS) is 32.0. The Morgan fingerprint density at radius 2 is 2.05 bits per heavy atom. The molecule has 1 aromatic heterocycles. The molecule has 0 unspecified atom stereocenters. The molecule has 3 aliphatic rings. The highest BCUT2D eigenvalue weighted by Crippen LogP contribution is 2.69. The molecule has 1 heterocycles. The molecule has 0 spiro atoms. The van der Waals surface area contributed by atoms with Crippen molar-refractivity contribution in [2.75, 3.05) is 6.61 Å². The van der Waals surface area contributed by atoms with Gasteiger partial charge in [0.2, 0.25) is 0 Å². The van der Waals surface area contributed by atoms with Crippen molar-refractivity contribution in [3.8, 4) is 0 Å². The zero-order chi connectivity index (χ0) is 13.8. The zero-order valence-corrected chi connectivity index (χ0v) is 11.8. The molecule has 20 heavy (non-hydrogen) atoms. The highest BCUT2D eigenvalue weighted by molar-refractivity contribution is 5.91. The Morgan fingerprint density at radius 1 is 1.30 bits per heavy atom. The van der Waals surface area contributed by atoms with Gasteiger partial charge in [0, 0.05) is 41.3 Å². The SMILES string of the molecule is C/C(Cc1c[nH]c2ccccc12)=N\C12CC(CO)(C1)C2. The third-order valence-corrected chi connectivity index (χ3v) is 5.00. The van der Waals surface area contributed by atoms with Crippen molar-refractivity contribution < 1.29 is 5.11 Å². The molecule has 0 saturated heterocycles. The summed E-state index contributed by atoms with van der Waals surface area (Å²) in [4.78, 5) is 8.27. The lowest BCUT2D eigenvalue weighted by molar-refractivity contribution is -0.157. The van der Waals surface area contributed by atoms with Crippen molar-refractivity contribution in [3.05, 3.63) is 36.0 Å².